The first-order valence-corrected chi connectivity index (χ1v) is 8.60. The van der Waals surface area contributed by atoms with Crippen molar-refractivity contribution in [2.24, 2.45) is 5.41 Å². The Morgan fingerprint density at radius 2 is 1.95 bits per heavy atom. The summed E-state index contributed by atoms with van der Waals surface area (Å²) in [4.78, 5) is -0.0458. The average molecular weight is 338 g/mol. The van der Waals surface area contributed by atoms with Gasteiger partial charge in [0.15, 0.2) is 0 Å². The summed E-state index contributed by atoms with van der Waals surface area (Å²) < 4.78 is 27.2. The predicted molar refractivity (Wildman–Crippen MR) is 79.5 cm³/mol. The van der Waals surface area contributed by atoms with Crippen LogP contribution in [-0.2, 0) is 16.6 Å². The van der Waals surface area contributed by atoms with Crippen molar-refractivity contribution in [3.8, 4) is 0 Å². The van der Waals surface area contributed by atoms with Gasteiger partial charge in [-0.25, -0.2) is 13.1 Å². The first-order valence-electron chi connectivity index (χ1n) is 6.36. The van der Waals surface area contributed by atoms with Crippen LogP contribution in [-0.4, -0.2) is 20.1 Å². The van der Waals surface area contributed by atoms with Gasteiger partial charge in [0.1, 0.15) is 4.90 Å². The van der Waals surface area contributed by atoms with Crippen molar-refractivity contribution in [2.45, 2.75) is 37.7 Å². The van der Waals surface area contributed by atoms with Crippen LogP contribution in [0.2, 0.25) is 10.0 Å². The van der Waals surface area contributed by atoms with E-state index in [2.05, 4.69) is 11.6 Å². The van der Waals surface area contributed by atoms with Gasteiger partial charge in [-0.2, -0.15) is 0 Å². The summed E-state index contributed by atoms with van der Waals surface area (Å²) >= 11 is 11.8. The third-order valence-corrected chi connectivity index (χ3v) is 6.03. The second-order valence-corrected chi connectivity index (χ2v) is 8.07. The third kappa shape index (κ3) is 3.28. The van der Waals surface area contributed by atoms with Gasteiger partial charge in [0.2, 0.25) is 10.0 Å². The van der Waals surface area contributed by atoms with Gasteiger partial charge in [0.05, 0.1) is 11.6 Å². The third-order valence-electron chi connectivity index (χ3n) is 3.81. The van der Waals surface area contributed by atoms with E-state index in [0.717, 1.165) is 19.3 Å². The molecule has 0 bridgehead atoms. The molecule has 1 aromatic rings. The number of rotatable bonds is 5. The quantitative estimate of drug-likeness (QED) is 0.867. The van der Waals surface area contributed by atoms with E-state index in [1.807, 2.05) is 0 Å². The topological polar surface area (TPSA) is 66.4 Å². The minimum Gasteiger partial charge on any atom is -0.392 e. The zero-order chi connectivity index (χ0) is 15.0. The van der Waals surface area contributed by atoms with E-state index in [-0.39, 0.29) is 27.0 Å². The molecule has 0 aromatic heterocycles. The minimum absolute atomic E-state index is 0.0335. The summed E-state index contributed by atoms with van der Waals surface area (Å²) in [5.41, 5.74) is 0.373. The van der Waals surface area contributed by atoms with Gasteiger partial charge in [-0.1, -0.05) is 36.5 Å². The molecule has 0 unspecified atom stereocenters. The molecule has 0 aliphatic heterocycles. The molecule has 1 aromatic carbocycles. The van der Waals surface area contributed by atoms with Crippen molar-refractivity contribution in [1.82, 2.24) is 4.72 Å². The molecule has 1 saturated carbocycles. The Kier molecular flexibility index (Phi) is 4.66. The van der Waals surface area contributed by atoms with Crippen LogP contribution in [0.15, 0.2) is 17.0 Å². The van der Waals surface area contributed by atoms with Crippen molar-refractivity contribution in [3.05, 3.63) is 27.7 Å². The molecule has 7 heteroatoms. The summed E-state index contributed by atoms with van der Waals surface area (Å²) in [6.45, 7) is 2.11. The molecule has 0 radical (unpaired) electrons. The van der Waals surface area contributed by atoms with Crippen LogP contribution in [0.3, 0.4) is 0 Å². The maximum absolute atomic E-state index is 12.3. The van der Waals surface area contributed by atoms with Gasteiger partial charge in [-0.05, 0) is 36.0 Å². The average Bonchev–Trinajstić information content (AvgIpc) is 2.34. The summed E-state index contributed by atoms with van der Waals surface area (Å²) in [7, 11) is -3.70. The number of aliphatic hydroxyl groups excluding tert-OH is 1. The Bertz CT molecular complexity index is 612. The van der Waals surface area contributed by atoms with E-state index in [1.165, 1.54) is 12.1 Å². The van der Waals surface area contributed by atoms with Crippen molar-refractivity contribution < 1.29 is 13.5 Å². The number of aliphatic hydroxyl groups is 1. The first-order chi connectivity index (χ1) is 9.27. The molecule has 4 nitrogen and oxygen atoms in total. The zero-order valence-corrected chi connectivity index (χ0v) is 13.4. The lowest BCUT2D eigenvalue weighted by Gasteiger charge is -2.38. The lowest BCUT2D eigenvalue weighted by Crippen LogP contribution is -2.40. The second-order valence-electron chi connectivity index (χ2n) is 5.52. The lowest BCUT2D eigenvalue weighted by molar-refractivity contribution is 0.166. The number of hydrogen-bond acceptors (Lipinski definition) is 3. The molecular formula is C13H17Cl2NO3S. The van der Waals surface area contributed by atoms with Gasteiger partial charge in [0, 0.05) is 11.6 Å². The fourth-order valence-corrected chi connectivity index (χ4v) is 4.26. The molecule has 112 valence electrons. The summed E-state index contributed by atoms with van der Waals surface area (Å²) in [5.74, 6) is 0. The van der Waals surface area contributed by atoms with Crippen LogP contribution in [0.1, 0.15) is 31.7 Å². The molecule has 0 atom stereocenters. The Morgan fingerprint density at radius 1 is 1.30 bits per heavy atom. The summed E-state index contributed by atoms with van der Waals surface area (Å²) in [6.07, 6.45) is 3.17. The van der Waals surface area contributed by atoms with E-state index in [0.29, 0.717) is 12.1 Å². The number of halogens is 2. The van der Waals surface area contributed by atoms with Crippen LogP contribution in [0, 0.1) is 5.41 Å². The maximum atomic E-state index is 12.3. The fourth-order valence-electron chi connectivity index (χ4n) is 2.20. The molecule has 0 amide bonds. The van der Waals surface area contributed by atoms with Gasteiger partial charge in [0.25, 0.3) is 0 Å². The molecule has 1 aliphatic rings. The monoisotopic (exact) mass is 337 g/mol. The van der Waals surface area contributed by atoms with Gasteiger partial charge in [-0.15, -0.1) is 0 Å². The Hall–Kier alpha value is -0.330. The molecule has 2 rings (SSSR count). The summed E-state index contributed by atoms with van der Waals surface area (Å²) in [5, 5.41) is 9.47. The number of sulfonamides is 1. The molecule has 0 heterocycles. The van der Waals surface area contributed by atoms with Crippen LogP contribution >= 0.6 is 23.2 Å². The standard InChI is InChI=1S/C13H17Cl2NO3S/c1-13(3-2-4-13)8-16-20(18,19)12-5-9(7-17)10(14)6-11(12)15/h5-6,16-17H,2-4,7-8H2,1H3. The van der Waals surface area contributed by atoms with Gasteiger partial charge < -0.3 is 5.11 Å². The lowest BCUT2D eigenvalue weighted by atomic mass is 9.71. The minimum atomic E-state index is -3.70. The number of hydrogen-bond donors (Lipinski definition) is 2. The van der Waals surface area contributed by atoms with Crippen LogP contribution in [0.5, 0.6) is 0 Å². The molecule has 1 fully saturated rings. The first kappa shape index (κ1) is 16.0. The highest BCUT2D eigenvalue weighted by Gasteiger charge is 2.33. The molecule has 0 saturated heterocycles. The molecule has 0 spiro atoms. The highest BCUT2D eigenvalue weighted by Crippen LogP contribution is 2.40. The van der Waals surface area contributed by atoms with E-state index in [4.69, 9.17) is 28.3 Å². The Labute approximate surface area is 129 Å². The van der Waals surface area contributed by atoms with Crippen molar-refractivity contribution in [2.75, 3.05) is 6.54 Å². The number of benzene rings is 1. The normalized spacial score (nSPS) is 17.8. The number of nitrogens with one attached hydrogen (secondary N) is 1. The molecular weight excluding hydrogens is 321 g/mol. The smallest absolute Gasteiger partial charge is 0.242 e. The highest BCUT2D eigenvalue weighted by molar-refractivity contribution is 7.89. The SMILES string of the molecule is CC1(CNS(=O)(=O)c2cc(CO)c(Cl)cc2Cl)CCC1. The predicted octanol–water partition coefficient (Wildman–Crippen LogP) is 2.95. The second kappa shape index (κ2) is 5.81. The molecule has 1 aliphatic carbocycles. The van der Waals surface area contributed by atoms with E-state index in [1.54, 1.807) is 0 Å². The fraction of sp³-hybridized carbons (Fsp3) is 0.538. The largest absolute Gasteiger partial charge is 0.392 e. The van der Waals surface area contributed by atoms with Crippen LogP contribution < -0.4 is 4.72 Å². The van der Waals surface area contributed by atoms with E-state index in [9.17, 15) is 8.42 Å². The molecule has 2 N–H and O–H groups in total. The Morgan fingerprint density at radius 3 is 2.45 bits per heavy atom. The maximum Gasteiger partial charge on any atom is 0.242 e. The Balaban J connectivity index is 2.24. The van der Waals surface area contributed by atoms with Crippen molar-refractivity contribution >= 4 is 33.2 Å². The van der Waals surface area contributed by atoms with E-state index < -0.39 is 10.0 Å². The van der Waals surface area contributed by atoms with E-state index >= 15 is 0 Å². The summed E-state index contributed by atoms with van der Waals surface area (Å²) in [6, 6.07) is 2.66. The van der Waals surface area contributed by atoms with Crippen LogP contribution in [0.4, 0.5) is 0 Å². The highest BCUT2D eigenvalue weighted by atomic mass is 35.5. The zero-order valence-electron chi connectivity index (χ0n) is 11.1. The van der Waals surface area contributed by atoms with Crippen molar-refractivity contribution in [3.63, 3.8) is 0 Å². The van der Waals surface area contributed by atoms with Crippen LogP contribution in [0.25, 0.3) is 0 Å². The van der Waals surface area contributed by atoms with Gasteiger partial charge in [-0.3, -0.25) is 0 Å². The van der Waals surface area contributed by atoms with Crippen molar-refractivity contribution in [1.29, 1.82) is 0 Å². The molecule has 20 heavy (non-hydrogen) atoms. The van der Waals surface area contributed by atoms with Gasteiger partial charge >= 0.3 is 0 Å².